The van der Waals surface area contributed by atoms with E-state index >= 15 is 0 Å². The van der Waals surface area contributed by atoms with Gasteiger partial charge in [-0.15, -0.1) is 0 Å². The molecule has 0 aromatic heterocycles. The predicted octanol–water partition coefficient (Wildman–Crippen LogP) is 3.20. The summed E-state index contributed by atoms with van der Waals surface area (Å²) in [4.78, 5) is 37.1. The van der Waals surface area contributed by atoms with E-state index < -0.39 is 23.1 Å². The molecule has 178 valence electrons. The maximum atomic E-state index is 12.7. The summed E-state index contributed by atoms with van der Waals surface area (Å²) in [6.45, 7) is 0.774. The van der Waals surface area contributed by atoms with Crippen molar-refractivity contribution < 1.29 is 29.0 Å². The van der Waals surface area contributed by atoms with Crippen LogP contribution in [0.25, 0.3) is 11.1 Å². The monoisotopic (exact) mass is 464 g/mol. The molecule has 2 aliphatic carbocycles. The molecule has 0 spiro atoms. The molecule has 2 fully saturated rings. The second-order valence-corrected chi connectivity index (χ2v) is 9.46. The largest absolute Gasteiger partial charge is 0.480 e. The first kappa shape index (κ1) is 22.4. The highest BCUT2D eigenvalue weighted by Crippen LogP contribution is 2.44. The number of hydrogen-bond acceptors (Lipinski definition) is 5. The van der Waals surface area contributed by atoms with Gasteiger partial charge >= 0.3 is 12.1 Å². The first-order valence-electron chi connectivity index (χ1n) is 11.7. The molecular weight excluding hydrogens is 436 g/mol. The van der Waals surface area contributed by atoms with Gasteiger partial charge in [-0.1, -0.05) is 48.5 Å². The molecule has 8 nitrogen and oxygen atoms in total. The minimum Gasteiger partial charge on any atom is -0.480 e. The number of ether oxygens (including phenoxy) is 2. The highest BCUT2D eigenvalue weighted by molar-refractivity contribution is 5.88. The van der Waals surface area contributed by atoms with Crippen molar-refractivity contribution in [2.24, 2.45) is 0 Å². The van der Waals surface area contributed by atoms with Gasteiger partial charge in [-0.05, 0) is 35.1 Å². The van der Waals surface area contributed by atoms with Crippen LogP contribution >= 0.6 is 0 Å². The molecule has 2 aromatic carbocycles. The third-order valence-electron chi connectivity index (χ3n) is 7.20. The number of fused-ring (bicyclic) bond motifs is 3. The Morgan fingerprint density at radius 3 is 2.06 bits per heavy atom. The number of alkyl carbamates (subject to hydrolysis) is 1. The lowest BCUT2D eigenvalue weighted by Gasteiger charge is -2.34. The molecule has 1 aliphatic heterocycles. The number of amides is 2. The van der Waals surface area contributed by atoms with Crippen molar-refractivity contribution in [1.82, 2.24) is 10.6 Å². The summed E-state index contributed by atoms with van der Waals surface area (Å²) in [5.74, 6) is -1.49. The molecule has 1 saturated carbocycles. The lowest BCUT2D eigenvalue weighted by molar-refractivity contribution is -0.152. The molecule has 0 atom stereocenters. The first-order valence-corrected chi connectivity index (χ1v) is 11.7. The summed E-state index contributed by atoms with van der Waals surface area (Å²) in [6, 6.07) is 16.2. The zero-order valence-corrected chi connectivity index (χ0v) is 18.8. The summed E-state index contributed by atoms with van der Waals surface area (Å²) in [5.41, 5.74) is 2.58. The molecule has 34 heavy (non-hydrogen) atoms. The Kier molecular flexibility index (Phi) is 5.77. The molecule has 3 aliphatic rings. The van der Waals surface area contributed by atoms with Gasteiger partial charge in [-0.3, -0.25) is 4.79 Å². The van der Waals surface area contributed by atoms with Gasteiger partial charge in [0.05, 0.1) is 5.54 Å². The minimum atomic E-state index is -1.31. The average Bonchev–Trinajstić information content (AvgIpc) is 3.50. The fraction of sp³-hybridized carbons (Fsp3) is 0.423. The Bertz CT molecular complexity index is 1070. The molecule has 0 bridgehead atoms. The number of benzene rings is 2. The van der Waals surface area contributed by atoms with E-state index in [9.17, 15) is 19.5 Å². The van der Waals surface area contributed by atoms with E-state index in [4.69, 9.17) is 9.47 Å². The van der Waals surface area contributed by atoms with Crippen LogP contribution in [0.3, 0.4) is 0 Å². The Balaban J connectivity index is 1.18. The fourth-order valence-electron chi connectivity index (χ4n) is 5.08. The smallest absolute Gasteiger partial charge is 0.407 e. The number of rotatable bonds is 7. The quantitative estimate of drug-likeness (QED) is 0.580. The maximum absolute atomic E-state index is 12.7. The van der Waals surface area contributed by atoms with Crippen molar-refractivity contribution in [3.63, 3.8) is 0 Å². The molecule has 2 aromatic rings. The van der Waals surface area contributed by atoms with Crippen LogP contribution in [0.4, 0.5) is 4.79 Å². The van der Waals surface area contributed by atoms with Crippen molar-refractivity contribution in [2.75, 3.05) is 19.8 Å². The lowest BCUT2D eigenvalue weighted by atomic mass is 9.89. The number of carbonyl (C=O) groups excluding carboxylic acids is 2. The SMILES string of the molecule is O=C(CC1(NC(=O)OCC2c3ccccc3-c3ccccc32)CC1)NC1(C(=O)O)CCOCC1. The van der Waals surface area contributed by atoms with Crippen molar-refractivity contribution in [2.45, 2.75) is 49.1 Å². The fourth-order valence-corrected chi connectivity index (χ4v) is 5.08. The van der Waals surface area contributed by atoms with Crippen molar-refractivity contribution in [3.8, 4) is 11.1 Å². The standard InChI is InChI=1S/C26H28N2O6/c29-22(27-26(23(30)31)11-13-33-14-12-26)15-25(9-10-25)28-24(32)34-16-21-19-7-3-1-5-17(19)18-6-2-4-8-20(18)21/h1-8,21H,9-16H2,(H,27,29)(H,28,32)(H,30,31). The third-order valence-corrected chi connectivity index (χ3v) is 7.20. The molecule has 1 saturated heterocycles. The van der Waals surface area contributed by atoms with Crippen molar-refractivity contribution in [3.05, 3.63) is 59.7 Å². The van der Waals surface area contributed by atoms with Crippen LogP contribution in [0.2, 0.25) is 0 Å². The van der Waals surface area contributed by atoms with Crippen LogP contribution in [-0.4, -0.2) is 54.0 Å². The summed E-state index contributed by atoms with van der Waals surface area (Å²) in [5, 5.41) is 15.2. The van der Waals surface area contributed by atoms with Crippen molar-refractivity contribution in [1.29, 1.82) is 0 Å². The highest BCUT2D eigenvalue weighted by atomic mass is 16.5. The summed E-state index contributed by atoms with van der Waals surface area (Å²) in [6.07, 6.45) is 1.20. The van der Waals surface area contributed by atoms with Gasteiger partial charge in [0.25, 0.3) is 0 Å². The second kappa shape index (κ2) is 8.76. The van der Waals surface area contributed by atoms with Gasteiger partial charge in [0.1, 0.15) is 12.1 Å². The topological polar surface area (TPSA) is 114 Å². The molecule has 8 heteroatoms. The number of carboxylic acids is 1. The van der Waals surface area contributed by atoms with E-state index in [0.29, 0.717) is 12.8 Å². The van der Waals surface area contributed by atoms with Crippen LogP contribution in [0.1, 0.15) is 49.1 Å². The Hall–Kier alpha value is -3.39. The Morgan fingerprint density at radius 1 is 0.912 bits per heavy atom. The van der Waals surface area contributed by atoms with Crippen LogP contribution in [0, 0.1) is 0 Å². The van der Waals surface area contributed by atoms with Gasteiger partial charge < -0.3 is 25.2 Å². The summed E-state index contributed by atoms with van der Waals surface area (Å²) < 4.78 is 10.9. The number of carboxylic acid groups (broad SMARTS) is 1. The van der Waals surface area contributed by atoms with E-state index in [1.807, 2.05) is 24.3 Å². The van der Waals surface area contributed by atoms with E-state index in [1.54, 1.807) is 0 Å². The number of aliphatic carboxylic acids is 1. The molecule has 3 N–H and O–H groups in total. The Morgan fingerprint density at radius 2 is 1.50 bits per heavy atom. The lowest BCUT2D eigenvalue weighted by Crippen LogP contribution is -2.58. The van der Waals surface area contributed by atoms with E-state index in [0.717, 1.165) is 22.3 Å². The van der Waals surface area contributed by atoms with Crippen LogP contribution in [0.15, 0.2) is 48.5 Å². The first-order chi connectivity index (χ1) is 16.4. The van der Waals surface area contributed by atoms with Crippen LogP contribution < -0.4 is 10.6 Å². The van der Waals surface area contributed by atoms with Gasteiger partial charge in [0, 0.05) is 38.4 Å². The number of nitrogens with one attached hydrogen (secondary N) is 2. The Labute approximate surface area is 197 Å². The second-order valence-electron chi connectivity index (χ2n) is 9.46. The molecule has 1 heterocycles. The van der Waals surface area contributed by atoms with Gasteiger partial charge in [0.15, 0.2) is 0 Å². The molecule has 5 rings (SSSR count). The van der Waals surface area contributed by atoms with E-state index in [1.165, 1.54) is 0 Å². The molecule has 0 radical (unpaired) electrons. The normalized spacial score (nSPS) is 19.4. The van der Waals surface area contributed by atoms with Crippen molar-refractivity contribution >= 4 is 18.0 Å². The van der Waals surface area contributed by atoms with Gasteiger partial charge in [0.2, 0.25) is 5.91 Å². The molecular formula is C26H28N2O6. The third kappa shape index (κ3) is 4.25. The zero-order valence-electron chi connectivity index (χ0n) is 18.8. The number of hydrogen-bond donors (Lipinski definition) is 3. The predicted molar refractivity (Wildman–Crippen MR) is 123 cm³/mol. The summed E-state index contributed by atoms with van der Waals surface area (Å²) in [7, 11) is 0. The minimum absolute atomic E-state index is 0.0209. The summed E-state index contributed by atoms with van der Waals surface area (Å²) >= 11 is 0. The maximum Gasteiger partial charge on any atom is 0.407 e. The van der Waals surface area contributed by atoms with E-state index in [2.05, 4.69) is 34.9 Å². The molecule has 0 unspecified atom stereocenters. The average molecular weight is 465 g/mol. The van der Waals surface area contributed by atoms with Gasteiger partial charge in [-0.25, -0.2) is 9.59 Å². The van der Waals surface area contributed by atoms with E-state index in [-0.39, 0.29) is 50.9 Å². The van der Waals surface area contributed by atoms with Gasteiger partial charge in [-0.2, -0.15) is 0 Å². The van der Waals surface area contributed by atoms with Crippen LogP contribution in [0.5, 0.6) is 0 Å². The molecule has 2 amide bonds. The zero-order chi connectivity index (χ0) is 23.8. The van der Waals surface area contributed by atoms with Crippen LogP contribution in [-0.2, 0) is 19.1 Å². The number of carbonyl (C=O) groups is 3. The highest BCUT2D eigenvalue weighted by Gasteiger charge is 2.48.